The molecule has 0 aliphatic heterocycles. The summed E-state index contributed by atoms with van der Waals surface area (Å²) in [7, 11) is 1.62. The van der Waals surface area contributed by atoms with Gasteiger partial charge in [-0.1, -0.05) is 35.8 Å². The van der Waals surface area contributed by atoms with Crippen LogP contribution in [-0.2, 0) is 0 Å². The maximum absolute atomic E-state index is 12.7. The second-order valence-corrected chi connectivity index (χ2v) is 6.85. The molecule has 1 aromatic heterocycles. The Kier molecular flexibility index (Phi) is 4.44. The summed E-state index contributed by atoms with van der Waals surface area (Å²) in [5.41, 5.74) is 1.06. The molecule has 0 amide bonds. The molecule has 5 heteroatoms. The van der Waals surface area contributed by atoms with Crippen molar-refractivity contribution >= 4 is 56.0 Å². The van der Waals surface area contributed by atoms with Crippen molar-refractivity contribution in [2.45, 2.75) is 0 Å². The smallest absolute Gasteiger partial charge is 0.202 e. The van der Waals surface area contributed by atoms with Crippen molar-refractivity contribution in [3.8, 4) is 5.75 Å². The minimum absolute atomic E-state index is 0.122. The van der Waals surface area contributed by atoms with Crippen molar-refractivity contribution in [3.05, 3.63) is 69.5 Å². The predicted octanol–water partition coefficient (Wildman–Crippen LogP) is 6.11. The summed E-state index contributed by atoms with van der Waals surface area (Å²) >= 11 is 13.3. The zero-order valence-electron chi connectivity index (χ0n) is 12.2. The van der Waals surface area contributed by atoms with Crippen LogP contribution in [0.5, 0.6) is 5.75 Å². The van der Waals surface area contributed by atoms with Crippen molar-refractivity contribution < 1.29 is 9.53 Å². The zero-order valence-corrected chi connectivity index (χ0v) is 14.6. The maximum Gasteiger partial charge on any atom is 0.202 e. The number of methoxy groups -OCH3 is 1. The second kappa shape index (κ2) is 6.36. The van der Waals surface area contributed by atoms with Crippen LogP contribution in [0.3, 0.4) is 0 Å². The highest BCUT2D eigenvalue weighted by Gasteiger charge is 2.16. The largest absolute Gasteiger partial charge is 0.497 e. The fourth-order valence-electron chi connectivity index (χ4n) is 2.21. The molecule has 2 nitrogen and oxygen atoms in total. The lowest BCUT2D eigenvalue weighted by atomic mass is 10.0. The Morgan fingerprint density at radius 1 is 1.09 bits per heavy atom. The molecule has 2 aromatic carbocycles. The van der Waals surface area contributed by atoms with Gasteiger partial charge in [0.05, 0.1) is 22.0 Å². The minimum atomic E-state index is -0.122. The molecule has 23 heavy (non-hydrogen) atoms. The second-order valence-electron chi connectivity index (χ2n) is 4.95. The lowest BCUT2D eigenvalue weighted by Crippen LogP contribution is -1.99. The molecule has 0 aliphatic carbocycles. The maximum atomic E-state index is 12.7. The van der Waals surface area contributed by atoms with E-state index >= 15 is 0 Å². The number of allylic oxidation sites excluding steroid dienone is 1. The molecular weight excluding hydrogens is 351 g/mol. The predicted molar refractivity (Wildman–Crippen MR) is 98.2 cm³/mol. The summed E-state index contributed by atoms with van der Waals surface area (Å²) in [5, 5.41) is 1.85. The van der Waals surface area contributed by atoms with E-state index in [1.807, 2.05) is 24.3 Å². The Labute approximate surface area is 147 Å². The van der Waals surface area contributed by atoms with Crippen LogP contribution in [0.4, 0.5) is 0 Å². The van der Waals surface area contributed by atoms with E-state index < -0.39 is 0 Å². The molecule has 0 N–H and O–H groups in total. The average molecular weight is 363 g/mol. The van der Waals surface area contributed by atoms with E-state index in [9.17, 15) is 4.79 Å². The van der Waals surface area contributed by atoms with Gasteiger partial charge in [0, 0.05) is 10.3 Å². The van der Waals surface area contributed by atoms with E-state index in [2.05, 4.69) is 6.58 Å². The van der Waals surface area contributed by atoms with E-state index in [4.69, 9.17) is 27.9 Å². The molecule has 0 bridgehead atoms. The van der Waals surface area contributed by atoms with Crippen molar-refractivity contribution in [1.82, 2.24) is 0 Å². The summed E-state index contributed by atoms with van der Waals surface area (Å²) in [6, 6.07) is 12.6. The fraction of sp³-hybridized carbons (Fsp3) is 0.0556. The molecule has 1 heterocycles. The molecule has 0 atom stereocenters. The quantitative estimate of drug-likeness (QED) is 0.413. The van der Waals surface area contributed by atoms with Crippen LogP contribution in [0.25, 0.3) is 15.7 Å². The van der Waals surface area contributed by atoms with Crippen molar-refractivity contribution in [1.29, 1.82) is 0 Å². The highest BCUT2D eigenvalue weighted by atomic mass is 35.5. The number of hydrogen-bond donors (Lipinski definition) is 0. The first-order chi connectivity index (χ1) is 11.0. The number of benzene rings is 2. The van der Waals surface area contributed by atoms with Crippen LogP contribution in [0.1, 0.15) is 15.2 Å². The highest BCUT2D eigenvalue weighted by molar-refractivity contribution is 7.21. The summed E-state index contributed by atoms with van der Waals surface area (Å²) in [4.78, 5) is 13.3. The molecule has 0 unspecified atom stereocenters. The third-order valence-corrected chi connectivity index (χ3v) is 5.33. The van der Waals surface area contributed by atoms with Crippen LogP contribution < -0.4 is 4.74 Å². The van der Waals surface area contributed by atoms with E-state index in [1.54, 1.807) is 25.3 Å². The van der Waals surface area contributed by atoms with Gasteiger partial charge < -0.3 is 4.74 Å². The Morgan fingerprint density at radius 2 is 1.87 bits per heavy atom. The lowest BCUT2D eigenvalue weighted by molar-refractivity contribution is 0.106. The Bertz CT molecular complexity index is 928. The van der Waals surface area contributed by atoms with Gasteiger partial charge in [0.2, 0.25) is 5.78 Å². The standard InChI is InChI=1S/C18H12Cl2O2S/c1-10(11-4-6-14(19)15(20)7-11)18(21)17-8-12-3-5-13(22-2)9-16(12)23-17/h3-9H,1H2,2H3. The van der Waals surface area contributed by atoms with Gasteiger partial charge in [0.1, 0.15) is 5.75 Å². The van der Waals surface area contributed by atoms with E-state index in [0.29, 0.717) is 26.1 Å². The van der Waals surface area contributed by atoms with Crippen molar-refractivity contribution in [3.63, 3.8) is 0 Å². The molecule has 0 spiro atoms. The van der Waals surface area contributed by atoms with Crippen molar-refractivity contribution in [2.75, 3.05) is 7.11 Å². The molecule has 0 saturated carbocycles. The number of carbonyl (C=O) groups excluding carboxylic acids is 1. The summed E-state index contributed by atoms with van der Waals surface area (Å²) in [6.07, 6.45) is 0. The first-order valence-electron chi connectivity index (χ1n) is 6.76. The third-order valence-electron chi connectivity index (χ3n) is 3.49. The number of halogens is 2. The number of rotatable bonds is 4. The molecule has 0 aliphatic rings. The number of carbonyl (C=O) groups is 1. The third kappa shape index (κ3) is 3.13. The molecule has 0 radical (unpaired) electrons. The number of Topliss-reactive ketones (excluding diaryl/α,β-unsaturated/α-hetero) is 1. The van der Waals surface area contributed by atoms with Gasteiger partial charge in [-0.15, -0.1) is 11.3 Å². The fourth-order valence-corrected chi connectivity index (χ4v) is 3.57. The molecule has 3 aromatic rings. The topological polar surface area (TPSA) is 26.3 Å². The van der Waals surface area contributed by atoms with E-state index in [-0.39, 0.29) is 5.78 Å². The lowest BCUT2D eigenvalue weighted by Gasteiger charge is -2.05. The first kappa shape index (κ1) is 16.1. The number of hydrogen-bond acceptors (Lipinski definition) is 3. The van der Waals surface area contributed by atoms with Crippen LogP contribution in [0.15, 0.2) is 49.0 Å². The Morgan fingerprint density at radius 3 is 2.57 bits per heavy atom. The zero-order chi connectivity index (χ0) is 16.6. The number of ether oxygens (including phenoxy) is 1. The van der Waals surface area contributed by atoms with Gasteiger partial charge in [0.25, 0.3) is 0 Å². The first-order valence-corrected chi connectivity index (χ1v) is 8.33. The molecule has 3 rings (SSSR count). The normalized spacial score (nSPS) is 10.7. The number of thiophene rings is 1. The van der Waals surface area contributed by atoms with Crippen molar-refractivity contribution in [2.24, 2.45) is 0 Å². The van der Waals surface area contributed by atoms with Crippen LogP contribution >= 0.6 is 34.5 Å². The number of ketones is 1. The van der Waals surface area contributed by atoms with Gasteiger partial charge in [-0.25, -0.2) is 0 Å². The summed E-state index contributed by atoms with van der Waals surface area (Å²) in [6.45, 7) is 3.91. The minimum Gasteiger partial charge on any atom is -0.497 e. The van der Waals surface area contributed by atoms with Gasteiger partial charge in [-0.3, -0.25) is 4.79 Å². The average Bonchev–Trinajstić information content (AvgIpc) is 2.98. The highest BCUT2D eigenvalue weighted by Crippen LogP contribution is 2.33. The monoisotopic (exact) mass is 362 g/mol. The summed E-state index contributed by atoms with van der Waals surface area (Å²) in [5.74, 6) is 0.644. The Balaban J connectivity index is 1.95. The van der Waals surface area contributed by atoms with Gasteiger partial charge in [0.15, 0.2) is 0 Å². The Hall–Kier alpha value is -1.81. The number of fused-ring (bicyclic) bond motifs is 1. The molecule has 0 fully saturated rings. The van der Waals surface area contributed by atoms with Crippen LogP contribution in [0, 0.1) is 0 Å². The van der Waals surface area contributed by atoms with Gasteiger partial charge in [-0.05, 0) is 47.3 Å². The van der Waals surface area contributed by atoms with E-state index in [1.165, 1.54) is 11.3 Å². The van der Waals surface area contributed by atoms with Crippen LogP contribution in [0.2, 0.25) is 10.0 Å². The molecular formula is C18H12Cl2O2S. The van der Waals surface area contributed by atoms with Gasteiger partial charge >= 0.3 is 0 Å². The molecule has 0 saturated heterocycles. The van der Waals surface area contributed by atoms with Gasteiger partial charge in [-0.2, -0.15) is 0 Å². The van der Waals surface area contributed by atoms with Crippen LogP contribution in [-0.4, -0.2) is 12.9 Å². The van der Waals surface area contributed by atoms with E-state index in [0.717, 1.165) is 15.8 Å². The molecule has 116 valence electrons. The SMILES string of the molecule is C=C(C(=O)c1cc2ccc(OC)cc2s1)c1ccc(Cl)c(Cl)c1. The summed E-state index contributed by atoms with van der Waals surface area (Å²) < 4.78 is 6.21.